The molecule has 25 heavy (non-hydrogen) atoms. The number of nitrogens with zero attached hydrogens (tertiary/aromatic N) is 2. The summed E-state index contributed by atoms with van der Waals surface area (Å²) in [5, 5.41) is 0.685. The molecule has 0 bridgehead atoms. The molecule has 0 amide bonds. The highest BCUT2D eigenvalue weighted by molar-refractivity contribution is 5.99. The summed E-state index contributed by atoms with van der Waals surface area (Å²) in [6.07, 6.45) is 0. The Bertz CT molecular complexity index is 956. The van der Waals surface area contributed by atoms with Gasteiger partial charge in [-0.2, -0.15) is 0 Å². The molecular formula is C18H17N3O4. The molecule has 3 aromatic rings. The highest BCUT2D eigenvalue weighted by Crippen LogP contribution is 2.34. The molecule has 0 aliphatic heterocycles. The standard InChI is InChI=1S/C18H17N3O4/c1-23-14-7-5-10(9-15(14)24-2)16-12-8-11(17(22)25-3)4-6-13(12)20-18(19)21-16/h4-9H,1-3H3,(H2,19,20,21). The van der Waals surface area contributed by atoms with Gasteiger partial charge in [0.05, 0.1) is 38.1 Å². The number of benzene rings is 2. The number of carbonyl (C=O) groups is 1. The fourth-order valence-corrected chi connectivity index (χ4v) is 2.59. The molecule has 3 rings (SSSR count). The first-order chi connectivity index (χ1) is 12.1. The Kier molecular flexibility index (Phi) is 4.38. The quantitative estimate of drug-likeness (QED) is 0.730. The van der Waals surface area contributed by atoms with Crippen molar-refractivity contribution in [2.24, 2.45) is 0 Å². The maximum atomic E-state index is 11.8. The van der Waals surface area contributed by atoms with Crippen LogP contribution in [0.15, 0.2) is 36.4 Å². The second-order valence-electron chi connectivity index (χ2n) is 5.22. The summed E-state index contributed by atoms with van der Waals surface area (Å²) < 4.78 is 15.4. The summed E-state index contributed by atoms with van der Waals surface area (Å²) in [4.78, 5) is 20.4. The molecule has 7 nitrogen and oxygen atoms in total. The fraction of sp³-hybridized carbons (Fsp3) is 0.167. The van der Waals surface area contributed by atoms with Gasteiger partial charge in [0.1, 0.15) is 0 Å². The van der Waals surface area contributed by atoms with Crippen LogP contribution in [0.1, 0.15) is 10.4 Å². The van der Waals surface area contributed by atoms with Gasteiger partial charge in [0.15, 0.2) is 11.5 Å². The van der Waals surface area contributed by atoms with Crippen LogP contribution in [0.5, 0.6) is 11.5 Å². The van der Waals surface area contributed by atoms with Gasteiger partial charge >= 0.3 is 5.97 Å². The van der Waals surface area contributed by atoms with E-state index in [1.807, 2.05) is 6.07 Å². The van der Waals surface area contributed by atoms with Crippen molar-refractivity contribution in [2.45, 2.75) is 0 Å². The monoisotopic (exact) mass is 339 g/mol. The van der Waals surface area contributed by atoms with Crippen LogP contribution in [0.25, 0.3) is 22.2 Å². The number of hydrogen-bond donors (Lipinski definition) is 1. The number of esters is 1. The lowest BCUT2D eigenvalue weighted by Crippen LogP contribution is -2.03. The Morgan fingerprint density at radius 1 is 0.960 bits per heavy atom. The molecule has 0 unspecified atom stereocenters. The highest BCUT2D eigenvalue weighted by Gasteiger charge is 2.14. The third-order valence-electron chi connectivity index (χ3n) is 3.79. The van der Waals surface area contributed by atoms with Crippen LogP contribution in [0.2, 0.25) is 0 Å². The van der Waals surface area contributed by atoms with Crippen molar-refractivity contribution in [3.8, 4) is 22.8 Å². The SMILES string of the molecule is COC(=O)c1ccc2nc(N)nc(-c3ccc(OC)c(OC)c3)c2c1. The second-order valence-corrected chi connectivity index (χ2v) is 5.22. The molecule has 0 atom stereocenters. The predicted octanol–water partition coefficient (Wildman–Crippen LogP) is 2.68. The number of hydrogen-bond acceptors (Lipinski definition) is 7. The van der Waals surface area contributed by atoms with Crippen molar-refractivity contribution in [3.05, 3.63) is 42.0 Å². The van der Waals surface area contributed by atoms with Gasteiger partial charge < -0.3 is 19.9 Å². The third kappa shape index (κ3) is 3.03. The molecule has 1 aromatic heterocycles. The van der Waals surface area contributed by atoms with Crippen LogP contribution in [0.3, 0.4) is 0 Å². The molecule has 0 fully saturated rings. The second kappa shape index (κ2) is 6.64. The van der Waals surface area contributed by atoms with Crippen LogP contribution in [-0.2, 0) is 4.74 Å². The Morgan fingerprint density at radius 3 is 2.40 bits per heavy atom. The van der Waals surface area contributed by atoms with E-state index in [9.17, 15) is 4.79 Å². The molecule has 0 radical (unpaired) electrons. The molecule has 1 heterocycles. The van der Waals surface area contributed by atoms with Gasteiger partial charge in [-0.15, -0.1) is 0 Å². The smallest absolute Gasteiger partial charge is 0.337 e. The molecular weight excluding hydrogens is 322 g/mol. The van der Waals surface area contributed by atoms with E-state index < -0.39 is 5.97 Å². The minimum Gasteiger partial charge on any atom is -0.493 e. The average Bonchev–Trinajstić information content (AvgIpc) is 2.65. The molecule has 7 heteroatoms. The van der Waals surface area contributed by atoms with Gasteiger partial charge in [-0.05, 0) is 36.4 Å². The van der Waals surface area contributed by atoms with Gasteiger partial charge in [0.2, 0.25) is 5.95 Å². The summed E-state index contributed by atoms with van der Waals surface area (Å²) in [6.45, 7) is 0. The molecule has 0 aliphatic carbocycles. The van der Waals surface area contributed by atoms with Crippen molar-refractivity contribution < 1.29 is 19.0 Å². The summed E-state index contributed by atoms with van der Waals surface area (Å²) >= 11 is 0. The number of nitrogens with two attached hydrogens (primary N) is 1. The number of fused-ring (bicyclic) bond motifs is 1. The van der Waals surface area contributed by atoms with E-state index in [0.29, 0.717) is 33.7 Å². The zero-order valence-electron chi connectivity index (χ0n) is 14.1. The number of ether oxygens (including phenoxy) is 3. The number of aromatic nitrogens is 2. The molecule has 0 saturated carbocycles. The largest absolute Gasteiger partial charge is 0.493 e. The van der Waals surface area contributed by atoms with Crippen LogP contribution in [-0.4, -0.2) is 37.3 Å². The molecule has 0 saturated heterocycles. The van der Waals surface area contributed by atoms with E-state index in [0.717, 1.165) is 5.56 Å². The topological polar surface area (TPSA) is 96.6 Å². The number of rotatable bonds is 4. The number of carbonyl (C=O) groups excluding carboxylic acids is 1. The average molecular weight is 339 g/mol. The Hall–Kier alpha value is -3.35. The Morgan fingerprint density at radius 2 is 1.72 bits per heavy atom. The summed E-state index contributed by atoms with van der Waals surface area (Å²) in [5.41, 5.74) is 8.23. The van der Waals surface area contributed by atoms with Crippen LogP contribution in [0.4, 0.5) is 5.95 Å². The van der Waals surface area contributed by atoms with Gasteiger partial charge in [-0.1, -0.05) is 0 Å². The van der Waals surface area contributed by atoms with Gasteiger partial charge in [-0.25, -0.2) is 14.8 Å². The van der Waals surface area contributed by atoms with E-state index >= 15 is 0 Å². The van der Waals surface area contributed by atoms with Crippen molar-refractivity contribution >= 4 is 22.8 Å². The number of nitrogen functional groups attached to an aromatic ring is 1. The van der Waals surface area contributed by atoms with Crippen molar-refractivity contribution in [1.82, 2.24) is 9.97 Å². The van der Waals surface area contributed by atoms with Crippen LogP contribution < -0.4 is 15.2 Å². The van der Waals surface area contributed by atoms with E-state index in [-0.39, 0.29) is 5.95 Å². The van der Waals surface area contributed by atoms with Crippen molar-refractivity contribution in [1.29, 1.82) is 0 Å². The maximum Gasteiger partial charge on any atom is 0.337 e. The summed E-state index contributed by atoms with van der Waals surface area (Å²) in [6, 6.07) is 10.5. The molecule has 0 spiro atoms. The molecule has 2 aromatic carbocycles. The molecule has 0 aliphatic rings. The maximum absolute atomic E-state index is 11.8. The molecule has 128 valence electrons. The lowest BCUT2D eigenvalue weighted by atomic mass is 10.0. The first-order valence-electron chi connectivity index (χ1n) is 7.45. The normalized spacial score (nSPS) is 10.5. The van der Waals surface area contributed by atoms with Gasteiger partial charge in [0, 0.05) is 10.9 Å². The lowest BCUT2D eigenvalue weighted by Gasteiger charge is -2.12. The fourth-order valence-electron chi connectivity index (χ4n) is 2.59. The van der Waals surface area contributed by atoms with Crippen molar-refractivity contribution in [2.75, 3.05) is 27.1 Å². The highest BCUT2D eigenvalue weighted by atomic mass is 16.5. The minimum absolute atomic E-state index is 0.142. The lowest BCUT2D eigenvalue weighted by molar-refractivity contribution is 0.0601. The van der Waals surface area contributed by atoms with E-state index in [1.165, 1.54) is 7.11 Å². The summed E-state index contributed by atoms with van der Waals surface area (Å²) in [7, 11) is 4.46. The Balaban J connectivity index is 2.25. The number of anilines is 1. The zero-order valence-corrected chi connectivity index (χ0v) is 14.1. The summed E-state index contributed by atoms with van der Waals surface area (Å²) in [5.74, 6) is 0.877. The van der Waals surface area contributed by atoms with Crippen molar-refractivity contribution in [3.63, 3.8) is 0 Å². The van der Waals surface area contributed by atoms with E-state index in [2.05, 4.69) is 9.97 Å². The van der Waals surface area contributed by atoms with E-state index in [4.69, 9.17) is 19.9 Å². The third-order valence-corrected chi connectivity index (χ3v) is 3.79. The van der Waals surface area contributed by atoms with E-state index in [1.54, 1.807) is 44.6 Å². The van der Waals surface area contributed by atoms with Crippen LogP contribution >= 0.6 is 0 Å². The number of methoxy groups -OCH3 is 3. The van der Waals surface area contributed by atoms with Gasteiger partial charge in [-0.3, -0.25) is 0 Å². The van der Waals surface area contributed by atoms with Crippen LogP contribution in [0, 0.1) is 0 Å². The predicted molar refractivity (Wildman–Crippen MR) is 93.8 cm³/mol. The first-order valence-corrected chi connectivity index (χ1v) is 7.45. The molecule has 2 N–H and O–H groups in total. The first kappa shape index (κ1) is 16.5. The zero-order chi connectivity index (χ0) is 18.0. The minimum atomic E-state index is -0.433. The Labute approximate surface area is 144 Å². The van der Waals surface area contributed by atoms with Gasteiger partial charge in [0.25, 0.3) is 0 Å².